The van der Waals surface area contributed by atoms with Crippen LogP contribution in [0, 0.1) is 0 Å². The molecule has 1 aromatic rings. The highest BCUT2D eigenvalue weighted by atomic mass is 16.3. The van der Waals surface area contributed by atoms with Crippen LogP contribution in [0.25, 0.3) is 0 Å². The van der Waals surface area contributed by atoms with Gasteiger partial charge in [-0.2, -0.15) is 0 Å². The van der Waals surface area contributed by atoms with Crippen molar-refractivity contribution < 1.29 is 9.90 Å². The third-order valence-electron chi connectivity index (χ3n) is 1.95. The first kappa shape index (κ1) is 9.89. The molecule has 0 spiro atoms. The Morgan fingerprint density at radius 1 is 1.46 bits per heavy atom. The Bertz CT molecular complexity index is 286. The number of carbonyl (C=O) groups is 1. The molecule has 0 saturated heterocycles. The average molecular weight is 179 g/mol. The van der Waals surface area contributed by atoms with Crippen molar-refractivity contribution in [3.05, 3.63) is 35.4 Å². The van der Waals surface area contributed by atoms with Gasteiger partial charge in [0, 0.05) is 6.42 Å². The summed E-state index contributed by atoms with van der Waals surface area (Å²) in [6.45, 7) is -0.101. The summed E-state index contributed by atoms with van der Waals surface area (Å²) in [6.07, 6.45) is 1.19. The van der Waals surface area contributed by atoms with Crippen molar-refractivity contribution in [2.75, 3.05) is 6.61 Å². The van der Waals surface area contributed by atoms with Gasteiger partial charge < -0.3 is 15.6 Å². The molecule has 0 fully saturated rings. The maximum Gasteiger partial charge on any atom is 0.124 e. The van der Waals surface area contributed by atoms with E-state index in [0.29, 0.717) is 6.42 Å². The molecule has 0 aliphatic heterocycles. The maximum absolute atomic E-state index is 10.3. The number of aliphatic hydroxyl groups is 1. The van der Waals surface area contributed by atoms with Crippen LogP contribution in [0.15, 0.2) is 24.3 Å². The lowest BCUT2D eigenvalue weighted by Gasteiger charge is -2.12. The summed E-state index contributed by atoms with van der Waals surface area (Å²) in [7, 11) is 0. The van der Waals surface area contributed by atoms with E-state index in [1.54, 1.807) is 0 Å². The predicted molar refractivity (Wildman–Crippen MR) is 50.2 cm³/mol. The molecule has 0 radical (unpaired) electrons. The fourth-order valence-corrected chi connectivity index (χ4v) is 1.27. The Balaban J connectivity index is 2.96. The van der Waals surface area contributed by atoms with Crippen LogP contribution in [0.3, 0.4) is 0 Å². The van der Waals surface area contributed by atoms with E-state index < -0.39 is 6.04 Å². The number of carbonyl (C=O) groups excluding carboxylic acids is 1. The van der Waals surface area contributed by atoms with Crippen molar-refractivity contribution in [3.8, 4) is 0 Å². The summed E-state index contributed by atoms with van der Waals surface area (Å²) in [5.41, 5.74) is 7.39. The highest BCUT2D eigenvalue weighted by Gasteiger charge is 2.08. The summed E-state index contributed by atoms with van der Waals surface area (Å²) in [4.78, 5) is 10.3. The molecule has 0 aliphatic carbocycles. The van der Waals surface area contributed by atoms with Gasteiger partial charge in [0.2, 0.25) is 0 Å². The van der Waals surface area contributed by atoms with Gasteiger partial charge in [-0.1, -0.05) is 24.3 Å². The molecule has 70 valence electrons. The summed E-state index contributed by atoms with van der Waals surface area (Å²) < 4.78 is 0. The summed E-state index contributed by atoms with van der Waals surface area (Å²) in [5.74, 6) is 0. The minimum atomic E-state index is -0.392. The lowest BCUT2D eigenvalue weighted by atomic mass is 10.00. The molecule has 3 heteroatoms. The number of aliphatic hydroxyl groups excluding tert-OH is 1. The molecule has 0 aromatic heterocycles. The minimum absolute atomic E-state index is 0.101. The molecule has 3 nitrogen and oxygen atoms in total. The van der Waals surface area contributed by atoms with Gasteiger partial charge >= 0.3 is 0 Å². The number of nitrogens with two attached hydrogens (primary N) is 1. The summed E-state index contributed by atoms with van der Waals surface area (Å²) >= 11 is 0. The predicted octanol–water partition coefficient (Wildman–Crippen LogP) is 0.420. The largest absolute Gasteiger partial charge is 0.394 e. The molecule has 0 heterocycles. The Hall–Kier alpha value is -1.19. The van der Waals surface area contributed by atoms with Gasteiger partial charge in [-0.25, -0.2) is 0 Å². The van der Waals surface area contributed by atoms with Gasteiger partial charge in [-0.15, -0.1) is 0 Å². The zero-order valence-electron chi connectivity index (χ0n) is 7.31. The topological polar surface area (TPSA) is 63.3 Å². The molecule has 1 unspecified atom stereocenters. The first-order valence-corrected chi connectivity index (χ1v) is 4.17. The van der Waals surface area contributed by atoms with Gasteiger partial charge in [0.25, 0.3) is 0 Å². The SMILES string of the molecule is NC(CO)c1ccccc1CC=O. The second-order valence-corrected chi connectivity index (χ2v) is 2.86. The normalized spacial score (nSPS) is 12.5. The molecular weight excluding hydrogens is 166 g/mol. The molecule has 1 atom stereocenters. The minimum Gasteiger partial charge on any atom is -0.394 e. The summed E-state index contributed by atoms with van der Waals surface area (Å²) in [5, 5.41) is 8.87. The third kappa shape index (κ3) is 2.37. The molecule has 13 heavy (non-hydrogen) atoms. The van der Waals surface area contributed by atoms with E-state index in [9.17, 15) is 4.79 Å². The Morgan fingerprint density at radius 3 is 2.77 bits per heavy atom. The molecule has 1 aromatic carbocycles. The Labute approximate surface area is 77.2 Å². The van der Waals surface area contributed by atoms with Crippen molar-refractivity contribution in [2.24, 2.45) is 5.73 Å². The standard InChI is InChI=1S/C10H13NO2/c11-10(7-13)9-4-2-1-3-8(9)5-6-12/h1-4,6,10,13H,5,7,11H2. The lowest BCUT2D eigenvalue weighted by molar-refractivity contribution is -0.107. The number of aldehydes is 1. The fraction of sp³-hybridized carbons (Fsp3) is 0.300. The van der Waals surface area contributed by atoms with Crippen molar-refractivity contribution in [1.82, 2.24) is 0 Å². The smallest absolute Gasteiger partial charge is 0.124 e. The van der Waals surface area contributed by atoms with E-state index in [-0.39, 0.29) is 6.61 Å². The first-order chi connectivity index (χ1) is 6.29. The van der Waals surface area contributed by atoms with Crippen LogP contribution in [0.4, 0.5) is 0 Å². The van der Waals surface area contributed by atoms with Crippen LogP contribution in [0.1, 0.15) is 17.2 Å². The van der Waals surface area contributed by atoms with Gasteiger partial charge in [0.15, 0.2) is 0 Å². The second kappa shape index (κ2) is 4.74. The molecule has 1 rings (SSSR count). The van der Waals surface area contributed by atoms with Crippen LogP contribution in [0.5, 0.6) is 0 Å². The van der Waals surface area contributed by atoms with Crippen LogP contribution in [-0.2, 0) is 11.2 Å². The Morgan fingerprint density at radius 2 is 2.15 bits per heavy atom. The quantitative estimate of drug-likeness (QED) is 0.658. The van der Waals surface area contributed by atoms with Crippen molar-refractivity contribution >= 4 is 6.29 Å². The highest BCUT2D eigenvalue weighted by molar-refractivity contribution is 5.56. The Kier molecular flexibility index (Phi) is 3.61. The second-order valence-electron chi connectivity index (χ2n) is 2.86. The van der Waals surface area contributed by atoms with Crippen LogP contribution < -0.4 is 5.73 Å². The number of hydrogen-bond acceptors (Lipinski definition) is 3. The van der Waals surface area contributed by atoms with Gasteiger partial charge in [0.05, 0.1) is 12.6 Å². The van der Waals surface area contributed by atoms with Gasteiger partial charge in [-0.05, 0) is 11.1 Å². The van der Waals surface area contributed by atoms with E-state index >= 15 is 0 Å². The van der Waals surface area contributed by atoms with E-state index in [2.05, 4.69) is 0 Å². The van der Waals surface area contributed by atoms with Crippen LogP contribution >= 0.6 is 0 Å². The van der Waals surface area contributed by atoms with Crippen LogP contribution in [-0.4, -0.2) is 18.0 Å². The zero-order valence-corrected chi connectivity index (χ0v) is 7.31. The van der Waals surface area contributed by atoms with E-state index in [0.717, 1.165) is 17.4 Å². The van der Waals surface area contributed by atoms with Crippen molar-refractivity contribution in [3.63, 3.8) is 0 Å². The van der Waals surface area contributed by atoms with Crippen LogP contribution in [0.2, 0.25) is 0 Å². The summed E-state index contributed by atoms with van der Waals surface area (Å²) in [6, 6.07) is 6.99. The maximum atomic E-state index is 10.3. The monoisotopic (exact) mass is 179 g/mol. The molecule has 0 bridgehead atoms. The third-order valence-corrected chi connectivity index (χ3v) is 1.95. The highest BCUT2D eigenvalue weighted by Crippen LogP contribution is 2.15. The number of rotatable bonds is 4. The van der Waals surface area contributed by atoms with E-state index in [4.69, 9.17) is 10.8 Å². The fourth-order valence-electron chi connectivity index (χ4n) is 1.27. The van der Waals surface area contributed by atoms with Gasteiger partial charge in [-0.3, -0.25) is 0 Å². The molecular formula is C10H13NO2. The molecule has 0 saturated carbocycles. The van der Waals surface area contributed by atoms with E-state index in [1.807, 2.05) is 24.3 Å². The van der Waals surface area contributed by atoms with Crippen molar-refractivity contribution in [1.29, 1.82) is 0 Å². The average Bonchev–Trinajstić information content (AvgIpc) is 2.18. The zero-order chi connectivity index (χ0) is 9.68. The molecule has 3 N–H and O–H groups in total. The number of hydrogen-bond donors (Lipinski definition) is 2. The molecule has 0 aliphatic rings. The lowest BCUT2D eigenvalue weighted by Crippen LogP contribution is -2.16. The number of benzene rings is 1. The van der Waals surface area contributed by atoms with E-state index in [1.165, 1.54) is 0 Å². The first-order valence-electron chi connectivity index (χ1n) is 4.17. The van der Waals surface area contributed by atoms with Crippen molar-refractivity contribution in [2.45, 2.75) is 12.5 Å². The molecule has 0 amide bonds. The van der Waals surface area contributed by atoms with Gasteiger partial charge in [0.1, 0.15) is 6.29 Å².